The van der Waals surface area contributed by atoms with Crippen LogP contribution >= 0.6 is 0 Å². The highest BCUT2D eigenvalue weighted by Gasteiger charge is 2.11. The van der Waals surface area contributed by atoms with Crippen molar-refractivity contribution in [2.45, 2.75) is 13.0 Å². The van der Waals surface area contributed by atoms with E-state index in [2.05, 4.69) is 45.2 Å². The van der Waals surface area contributed by atoms with E-state index in [4.69, 9.17) is 4.98 Å². The molecule has 1 N–H and O–H groups in total. The minimum Gasteiger partial charge on any atom is -0.350 e. The first-order chi connectivity index (χ1) is 14.3. The smallest absolute Gasteiger partial charge is 0.269 e. The number of rotatable bonds is 7. The van der Waals surface area contributed by atoms with Crippen molar-refractivity contribution in [3.8, 4) is 0 Å². The molecule has 2 heterocycles. The average molecular weight is 382 g/mol. The summed E-state index contributed by atoms with van der Waals surface area (Å²) in [5, 5.41) is 2.93. The predicted octanol–water partition coefficient (Wildman–Crippen LogP) is 4.12. The normalized spacial score (nSPS) is 11.2. The molecular weight excluding hydrogens is 360 g/mol. The molecule has 144 valence electrons. The molecule has 1 amide bonds. The van der Waals surface area contributed by atoms with Gasteiger partial charge in [-0.1, -0.05) is 60.7 Å². The number of carbonyl (C=O) groups is 1. The second kappa shape index (κ2) is 8.97. The molecule has 4 rings (SSSR count). The van der Waals surface area contributed by atoms with E-state index >= 15 is 0 Å². The molecule has 0 radical (unpaired) electrons. The summed E-state index contributed by atoms with van der Waals surface area (Å²) in [6.07, 6.45) is 6.51. The number of fused-ring (bicyclic) bond motifs is 1. The molecular formula is C24H22N4O. The summed E-state index contributed by atoms with van der Waals surface area (Å²) in [7, 11) is 0. The van der Waals surface area contributed by atoms with Crippen LogP contribution in [0.2, 0.25) is 0 Å². The van der Waals surface area contributed by atoms with Crippen LogP contribution in [-0.2, 0) is 13.0 Å². The summed E-state index contributed by atoms with van der Waals surface area (Å²) in [4.78, 5) is 21.1. The van der Waals surface area contributed by atoms with E-state index < -0.39 is 0 Å². The lowest BCUT2D eigenvalue weighted by molar-refractivity contribution is 0.0949. The van der Waals surface area contributed by atoms with Crippen LogP contribution in [0.3, 0.4) is 0 Å². The first-order valence-corrected chi connectivity index (χ1v) is 9.66. The maximum absolute atomic E-state index is 12.2. The van der Waals surface area contributed by atoms with Crippen molar-refractivity contribution in [3.63, 3.8) is 0 Å². The summed E-state index contributed by atoms with van der Waals surface area (Å²) in [5.74, 6) is 0.780. The summed E-state index contributed by atoms with van der Waals surface area (Å²) in [6.45, 7) is 1.22. The Kier molecular flexibility index (Phi) is 5.76. The molecule has 0 spiro atoms. The van der Waals surface area contributed by atoms with Gasteiger partial charge in [0.2, 0.25) is 0 Å². The van der Waals surface area contributed by atoms with E-state index in [0.717, 1.165) is 23.4 Å². The lowest BCUT2D eigenvalue weighted by Crippen LogP contribution is -2.27. The van der Waals surface area contributed by atoms with Gasteiger partial charge in [-0.25, -0.2) is 4.98 Å². The number of amides is 1. The van der Waals surface area contributed by atoms with Crippen LogP contribution in [0.4, 0.5) is 0 Å². The molecule has 0 fully saturated rings. The van der Waals surface area contributed by atoms with Gasteiger partial charge in [0.05, 0.1) is 11.0 Å². The summed E-state index contributed by atoms with van der Waals surface area (Å²) in [5.41, 5.74) is 3.65. The first kappa shape index (κ1) is 18.6. The SMILES string of the molecule is O=C(NCCc1nc2ccccc2n1C/C=C/c1ccccc1)c1ccccn1. The molecule has 2 aromatic heterocycles. The highest BCUT2D eigenvalue weighted by Crippen LogP contribution is 2.17. The molecule has 5 nitrogen and oxygen atoms in total. The van der Waals surface area contributed by atoms with Crippen LogP contribution in [0.25, 0.3) is 17.1 Å². The van der Waals surface area contributed by atoms with Crippen molar-refractivity contribution in [2.24, 2.45) is 0 Å². The molecule has 0 bridgehead atoms. The number of pyridine rings is 1. The monoisotopic (exact) mass is 382 g/mol. The zero-order valence-corrected chi connectivity index (χ0v) is 16.0. The van der Waals surface area contributed by atoms with Gasteiger partial charge in [-0.15, -0.1) is 0 Å². The van der Waals surface area contributed by atoms with Gasteiger partial charge in [-0.05, 0) is 29.8 Å². The third-order valence-corrected chi connectivity index (χ3v) is 4.66. The van der Waals surface area contributed by atoms with Crippen molar-refractivity contribution in [1.82, 2.24) is 19.9 Å². The number of imidazole rings is 1. The molecule has 5 heteroatoms. The van der Waals surface area contributed by atoms with E-state index in [0.29, 0.717) is 18.7 Å². The third kappa shape index (κ3) is 4.58. The van der Waals surface area contributed by atoms with Crippen LogP contribution in [0.15, 0.2) is 85.1 Å². The Morgan fingerprint density at radius 2 is 1.76 bits per heavy atom. The molecule has 0 atom stereocenters. The maximum atomic E-state index is 12.2. The van der Waals surface area contributed by atoms with Crippen LogP contribution in [0.5, 0.6) is 0 Å². The number of aromatic nitrogens is 3. The molecule has 0 saturated carbocycles. The number of benzene rings is 2. The van der Waals surface area contributed by atoms with E-state index in [-0.39, 0.29) is 5.91 Å². The van der Waals surface area contributed by atoms with Crippen molar-refractivity contribution in [3.05, 3.63) is 102 Å². The number of nitrogens with zero attached hydrogens (tertiary/aromatic N) is 3. The Hall–Kier alpha value is -3.73. The van der Waals surface area contributed by atoms with Gasteiger partial charge in [0.25, 0.3) is 5.91 Å². The van der Waals surface area contributed by atoms with Crippen molar-refractivity contribution in [2.75, 3.05) is 6.54 Å². The number of allylic oxidation sites excluding steroid dienone is 1. The Morgan fingerprint density at radius 3 is 2.59 bits per heavy atom. The minimum atomic E-state index is -0.169. The minimum absolute atomic E-state index is 0.169. The lowest BCUT2D eigenvalue weighted by atomic mass is 10.2. The largest absolute Gasteiger partial charge is 0.350 e. The fourth-order valence-electron chi connectivity index (χ4n) is 3.25. The van der Waals surface area contributed by atoms with Crippen molar-refractivity contribution >= 4 is 23.0 Å². The summed E-state index contributed by atoms with van der Waals surface area (Å²) >= 11 is 0. The Morgan fingerprint density at radius 1 is 0.966 bits per heavy atom. The highest BCUT2D eigenvalue weighted by atomic mass is 16.1. The Labute approximate surface area is 169 Å². The molecule has 0 saturated heterocycles. The van der Waals surface area contributed by atoms with Gasteiger partial charge in [0.15, 0.2) is 0 Å². The van der Waals surface area contributed by atoms with E-state index in [9.17, 15) is 4.79 Å². The van der Waals surface area contributed by atoms with E-state index in [1.54, 1.807) is 24.4 Å². The predicted molar refractivity (Wildman–Crippen MR) is 115 cm³/mol. The molecule has 0 aliphatic rings. The van der Waals surface area contributed by atoms with Gasteiger partial charge < -0.3 is 9.88 Å². The number of hydrogen-bond acceptors (Lipinski definition) is 3. The number of para-hydroxylation sites is 2. The molecule has 0 aliphatic heterocycles. The maximum Gasteiger partial charge on any atom is 0.269 e. The van der Waals surface area contributed by atoms with Gasteiger partial charge >= 0.3 is 0 Å². The zero-order chi connectivity index (χ0) is 19.9. The van der Waals surface area contributed by atoms with Gasteiger partial charge in [0.1, 0.15) is 11.5 Å². The van der Waals surface area contributed by atoms with Crippen LogP contribution in [-0.4, -0.2) is 27.0 Å². The number of hydrogen-bond donors (Lipinski definition) is 1. The molecule has 2 aromatic carbocycles. The van der Waals surface area contributed by atoms with Gasteiger partial charge in [-0.3, -0.25) is 9.78 Å². The molecule has 0 aliphatic carbocycles. The van der Waals surface area contributed by atoms with Gasteiger partial charge in [-0.2, -0.15) is 0 Å². The standard InChI is InChI=1S/C24H22N4O/c29-24(21-13-6-7-16-25-21)26-17-15-23-27-20-12-4-5-14-22(20)28(23)18-8-11-19-9-2-1-3-10-19/h1-14,16H,15,17-18H2,(H,26,29)/b11-8+. The third-order valence-electron chi connectivity index (χ3n) is 4.66. The first-order valence-electron chi connectivity index (χ1n) is 9.66. The van der Waals surface area contributed by atoms with E-state index in [1.807, 2.05) is 36.4 Å². The average Bonchev–Trinajstić information content (AvgIpc) is 3.12. The van der Waals surface area contributed by atoms with E-state index in [1.165, 1.54) is 5.56 Å². The Balaban J connectivity index is 1.47. The molecule has 0 unspecified atom stereocenters. The van der Waals surface area contributed by atoms with Crippen LogP contribution in [0, 0.1) is 0 Å². The van der Waals surface area contributed by atoms with Crippen LogP contribution < -0.4 is 5.32 Å². The quantitative estimate of drug-likeness (QED) is 0.523. The van der Waals surface area contributed by atoms with Crippen LogP contribution in [0.1, 0.15) is 21.9 Å². The molecule has 29 heavy (non-hydrogen) atoms. The number of nitrogens with one attached hydrogen (secondary N) is 1. The fraction of sp³-hybridized carbons (Fsp3) is 0.125. The fourth-order valence-corrected chi connectivity index (χ4v) is 3.25. The number of carbonyl (C=O) groups excluding carboxylic acids is 1. The lowest BCUT2D eigenvalue weighted by Gasteiger charge is -2.08. The summed E-state index contributed by atoms with van der Waals surface area (Å²) < 4.78 is 2.20. The zero-order valence-electron chi connectivity index (χ0n) is 16.0. The van der Waals surface area contributed by atoms with Crippen molar-refractivity contribution in [1.29, 1.82) is 0 Å². The highest BCUT2D eigenvalue weighted by molar-refractivity contribution is 5.92. The Bertz CT molecular complexity index is 1120. The topological polar surface area (TPSA) is 59.8 Å². The second-order valence-corrected chi connectivity index (χ2v) is 6.66. The van der Waals surface area contributed by atoms with Crippen molar-refractivity contribution < 1.29 is 4.79 Å². The summed E-state index contributed by atoms with van der Waals surface area (Å²) in [6, 6.07) is 23.6. The van der Waals surface area contributed by atoms with Gasteiger partial charge in [0, 0.05) is 25.7 Å². The molecule has 4 aromatic rings. The second-order valence-electron chi connectivity index (χ2n) is 6.66.